The fourth-order valence-corrected chi connectivity index (χ4v) is 3.29. The summed E-state index contributed by atoms with van der Waals surface area (Å²) in [7, 11) is 0. The second-order valence-electron chi connectivity index (χ2n) is 5.15. The summed E-state index contributed by atoms with van der Waals surface area (Å²) in [6.45, 7) is 6.05. The van der Waals surface area contributed by atoms with Crippen molar-refractivity contribution < 1.29 is 14.3 Å². The zero-order valence-corrected chi connectivity index (χ0v) is 13.5. The van der Waals surface area contributed by atoms with Gasteiger partial charge in [0, 0.05) is 11.7 Å². The van der Waals surface area contributed by atoms with Crippen LogP contribution in [0.1, 0.15) is 26.3 Å². The molecule has 0 saturated heterocycles. The monoisotopic (exact) mass is 307 g/mol. The van der Waals surface area contributed by atoms with Gasteiger partial charge in [-0.25, -0.2) is 0 Å². The van der Waals surface area contributed by atoms with Crippen LogP contribution >= 0.6 is 11.8 Å². The average Bonchev–Trinajstić information content (AvgIpc) is 2.80. The first kappa shape index (κ1) is 15.9. The van der Waals surface area contributed by atoms with Crippen molar-refractivity contribution >= 4 is 29.3 Å². The highest BCUT2D eigenvalue weighted by Gasteiger charge is 2.33. The number of amides is 1. The van der Waals surface area contributed by atoms with Gasteiger partial charge in [-0.3, -0.25) is 9.59 Å². The maximum Gasteiger partial charge on any atom is 0.315 e. The summed E-state index contributed by atoms with van der Waals surface area (Å²) in [6, 6.07) is 8.17. The van der Waals surface area contributed by atoms with Gasteiger partial charge in [-0.1, -0.05) is 18.2 Å². The van der Waals surface area contributed by atoms with Crippen LogP contribution in [0.4, 0.5) is 5.69 Å². The maximum absolute atomic E-state index is 12.6. The molecule has 114 valence electrons. The van der Waals surface area contributed by atoms with Crippen LogP contribution in [0.3, 0.4) is 0 Å². The molecule has 0 bridgehead atoms. The second kappa shape index (κ2) is 6.98. The molecule has 4 nitrogen and oxygen atoms in total. The van der Waals surface area contributed by atoms with Crippen molar-refractivity contribution in [2.24, 2.45) is 0 Å². The van der Waals surface area contributed by atoms with E-state index in [-0.39, 0.29) is 28.9 Å². The SMILES string of the molecule is CCOC(=O)CSC(C)C(=O)N1c2ccccc2CC1C. The molecule has 0 N–H and O–H groups in total. The normalized spacial score (nSPS) is 18.2. The molecule has 1 aromatic rings. The Morgan fingerprint density at radius 2 is 2.14 bits per heavy atom. The number of para-hydroxylation sites is 1. The van der Waals surface area contributed by atoms with Crippen LogP contribution in [0.25, 0.3) is 0 Å². The summed E-state index contributed by atoms with van der Waals surface area (Å²) in [5, 5.41) is -0.261. The molecule has 0 radical (unpaired) electrons. The van der Waals surface area contributed by atoms with E-state index in [9.17, 15) is 9.59 Å². The number of nitrogens with zero attached hydrogens (tertiary/aromatic N) is 1. The average molecular weight is 307 g/mol. The molecule has 0 saturated carbocycles. The molecule has 0 aromatic heterocycles. The van der Waals surface area contributed by atoms with E-state index in [1.54, 1.807) is 6.92 Å². The lowest BCUT2D eigenvalue weighted by Gasteiger charge is -2.25. The van der Waals surface area contributed by atoms with Crippen molar-refractivity contribution in [2.75, 3.05) is 17.3 Å². The minimum atomic E-state index is -0.267. The van der Waals surface area contributed by atoms with E-state index in [4.69, 9.17) is 4.74 Å². The van der Waals surface area contributed by atoms with Crippen molar-refractivity contribution in [1.29, 1.82) is 0 Å². The van der Waals surface area contributed by atoms with E-state index in [0.29, 0.717) is 6.61 Å². The Balaban J connectivity index is 2.01. The number of fused-ring (bicyclic) bond motifs is 1. The maximum atomic E-state index is 12.6. The van der Waals surface area contributed by atoms with Gasteiger partial charge >= 0.3 is 5.97 Å². The number of carbonyl (C=O) groups is 2. The number of rotatable bonds is 5. The Morgan fingerprint density at radius 1 is 1.43 bits per heavy atom. The first-order chi connectivity index (χ1) is 10.0. The molecular weight excluding hydrogens is 286 g/mol. The Hall–Kier alpha value is -1.49. The number of anilines is 1. The molecule has 1 aliphatic heterocycles. The predicted octanol–water partition coefficient (Wildman–Crippen LogP) is 2.65. The van der Waals surface area contributed by atoms with Gasteiger partial charge in [-0.2, -0.15) is 0 Å². The molecule has 1 amide bonds. The summed E-state index contributed by atoms with van der Waals surface area (Å²) in [6.07, 6.45) is 0.886. The Bertz CT molecular complexity index is 532. The highest BCUT2D eigenvalue weighted by molar-refractivity contribution is 8.01. The van der Waals surface area contributed by atoms with E-state index in [2.05, 4.69) is 13.0 Å². The summed E-state index contributed by atoms with van der Waals surface area (Å²) < 4.78 is 4.89. The smallest absolute Gasteiger partial charge is 0.315 e. The highest BCUT2D eigenvalue weighted by atomic mass is 32.2. The van der Waals surface area contributed by atoms with Crippen molar-refractivity contribution in [2.45, 2.75) is 38.5 Å². The molecule has 2 rings (SSSR count). The molecular formula is C16H21NO3S. The lowest BCUT2D eigenvalue weighted by atomic mass is 10.1. The fourth-order valence-electron chi connectivity index (χ4n) is 2.56. The molecule has 2 atom stereocenters. The predicted molar refractivity (Wildman–Crippen MR) is 85.6 cm³/mol. The van der Waals surface area contributed by atoms with Crippen LogP contribution in [-0.2, 0) is 20.7 Å². The number of benzene rings is 1. The minimum Gasteiger partial charge on any atom is -0.465 e. The third kappa shape index (κ3) is 3.59. The lowest BCUT2D eigenvalue weighted by molar-refractivity contribution is -0.139. The van der Waals surface area contributed by atoms with E-state index in [0.717, 1.165) is 12.1 Å². The molecule has 1 aromatic carbocycles. The van der Waals surface area contributed by atoms with Crippen LogP contribution in [0.2, 0.25) is 0 Å². The van der Waals surface area contributed by atoms with E-state index >= 15 is 0 Å². The van der Waals surface area contributed by atoms with Gasteiger partial charge in [0.15, 0.2) is 0 Å². The number of esters is 1. The summed E-state index contributed by atoms with van der Waals surface area (Å²) in [5.74, 6) is 0.00344. The molecule has 2 unspecified atom stereocenters. The number of hydrogen-bond acceptors (Lipinski definition) is 4. The largest absolute Gasteiger partial charge is 0.465 e. The van der Waals surface area contributed by atoms with Gasteiger partial charge in [0.2, 0.25) is 5.91 Å². The fraction of sp³-hybridized carbons (Fsp3) is 0.500. The Morgan fingerprint density at radius 3 is 2.86 bits per heavy atom. The van der Waals surface area contributed by atoms with Gasteiger partial charge in [-0.15, -0.1) is 11.8 Å². The molecule has 1 aliphatic rings. The lowest BCUT2D eigenvalue weighted by Crippen LogP contribution is -2.40. The van der Waals surface area contributed by atoms with E-state index in [1.165, 1.54) is 17.3 Å². The van der Waals surface area contributed by atoms with Crippen molar-refractivity contribution in [3.05, 3.63) is 29.8 Å². The minimum absolute atomic E-state index is 0.0572. The quantitative estimate of drug-likeness (QED) is 0.785. The van der Waals surface area contributed by atoms with Gasteiger partial charge < -0.3 is 9.64 Å². The van der Waals surface area contributed by atoms with Gasteiger partial charge in [0.25, 0.3) is 0 Å². The van der Waals surface area contributed by atoms with E-state index < -0.39 is 0 Å². The van der Waals surface area contributed by atoms with Gasteiger partial charge in [-0.05, 0) is 38.8 Å². The van der Waals surface area contributed by atoms with Crippen LogP contribution in [-0.4, -0.2) is 35.5 Å². The number of thioether (sulfide) groups is 1. The molecule has 0 spiro atoms. The highest BCUT2D eigenvalue weighted by Crippen LogP contribution is 2.33. The Kier molecular flexibility index (Phi) is 5.28. The zero-order valence-electron chi connectivity index (χ0n) is 12.7. The van der Waals surface area contributed by atoms with Crippen LogP contribution in [0, 0.1) is 0 Å². The molecule has 0 fully saturated rings. The number of hydrogen-bond donors (Lipinski definition) is 0. The molecule has 21 heavy (non-hydrogen) atoms. The van der Waals surface area contributed by atoms with Gasteiger partial charge in [0.1, 0.15) is 0 Å². The second-order valence-corrected chi connectivity index (χ2v) is 6.48. The third-order valence-electron chi connectivity index (χ3n) is 3.55. The summed E-state index contributed by atoms with van der Waals surface area (Å²) in [5.41, 5.74) is 2.21. The molecule has 0 aliphatic carbocycles. The van der Waals surface area contributed by atoms with E-state index in [1.807, 2.05) is 30.0 Å². The van der Waals surface area contributed by atoms with Crippen LogP contribution in [0.15, 0.2) is 24.3 Å². The van der Waals surface area contributed by atoms with Crippen molar-refractivity contribution in [3.8, 4) is 0 Å². The number of ether oxygens (including phenoxy) is 1. The van der Waals surface area contributed by atoms with Crippen molar-refractivity contribution in [1.82, 2.24) is 0 Å². The Labute approximate surface area is 129 Å². The topological polar surface area (TPSA) is 46.6 Å². The molecule has 1 heterocycles. The van der Waals surface area contributed by atoms with Crippen LogP contribution in [0.5, 0.6) is 0 Å². The number of carbonyl (C=O) groups excluding carboxylic acids is 2. The zero-order chi connectivity index (χ0) is 15.4. The first-order valence-electron chi connectivity index (χ1n) is 7.22. The summed E-state index contributed by atoms with van der Waals surface area (Å²) >= 11 is 1.33. The van der Waals surface area contributed by atoms with Gasteiger partial charge in [0.05, 0.1) is 17.6 Å². The van der Waals surface area contributed by atoms with Crippen LogP contribution < -0.4 is 4.90 Å². The molecule has 5 heteroatoms. The summed E-state index contributed by atoms with van der Waals surface area (Å²) in [4.78, 5) is 25.9. The third-order valence-corrected chi connectivity index (χ3v) is 4.65. The standard InChI is InChI=1S/C16H21NO3S/c1-4-20-15(18)10-21-12(3)16(19)17-11(2)9-13-7-5-6-8-14(13)17/h5-8,11-12H,4,9-10H2,1-3H3. The van der Waals surface area contributed by atoms with Crippen molar-refractivity contribution in [3.63, 3.8) is 0 Å². The first-order valence-corrected chi connectivity index (χ1v) is 8.27.